The van der Waals surface area contributed by atoms with Crippen LogP contribution in [0.2, 0.25) is 0 Å². The van der Waals surface area contributed by atoms with Crippen molar-refractivity contribution in [3.63, 3.8) is 0 Å². The molecular weight excluding hydrogens is 444 g/mol. The van der Waals surface area contributed by atoms with Crippen LogP contribution < -0.4 is 15.0 Å². The smallest absolute Gasteiger partial charge is 0.245 e. The zero-order valence-corrected chi connectivity index (χ0v) is 19.9. The first-order chi connectivity index (χ1) is 17.3. The number of fused-ring (bicyclic) bond motifs is 1. The van der Waals surface area contributed by atoms with Crippen molar-refractivity contribution >= 4 is 22.8 Å². The quantitative estimate of drug-likeness (QED) is 0.457. The third kappa shape index (κ3) is 4.42. The normalized spacial score (nSPS) is 17.7. The summed E-state index contributed by atoms with van der Waals surface area (Å²) in [5, 5.41) is 12.3. The number of piperidine rings is 1. The molecule has 6 rings (SSSR count). The Kier molecular flexibility index (Phi) is 5.97. The summed E-state index contributed by atoms with van der Waals surface area (Å²) >= 11 is 0. The van der Waals surface area contributed by atoms with Crippen molar-refractivity contribution < 1.29 is 9.47 Å². The predicted octanol–water partition coefficient (Wildman–Crippen LogP) is 2.97. The predicted molar refractivity (Wildman–Crippen MR) is 134 cm³/mol. The molecule has 0 amide bonds. The van der Waals surface area contributed by atoms with E-state index >= 15 is 0 Å². The van der Waals surface area contributed by atoms with Gasteiger partial charge >= 0.3 is 0 Å². The molecule has 10 nitrogen and oxygen atoms in total. The second-order valence-electron chi connectivity index (χ2n) is 8.94. The summed E-state index contributed by atoms with van der Waals surface area (Å²) in [5.41, 5.74) is 2.89. The Morgan fingerprint density at radius 1 is 1.06 bits per heavy atom. The summed E-state index contributed by atoms with van der Waals surface area (Å²) in [6.45, 7) is 5.91. The number of methoxy groups -OCH3 is 1. The molecular formula is C25H30N8O2. The number of hydrogen-bond acceptors (Lipinski definition) is 8. The summed E-state index contributed by atoms with van der Waals surface area (Å²) in [7, 11) is 1.70. The Balaban J connectivity index is 1.17. The van der Waals surface area contributed by atoms with E-state index in [0.29, 0.717) is 12.0 Å². The zero-order chi connectivity index (χ0) is 23.6. The summed E-state index contributed by atoms with van der Waals surface area (Å²) in [5.74, 6) is 2.10. The molecule has 1 aromatic carbocycles. The standard InChI is InChI=1S/C25H30N8O2/c1-34-23-17-20(30-11-7-19(8-12-30)31-13-15-35-16-14-31)3-5-22(23)28-25-26-18-21-4-6-24(33(21)29-25)32-10-2-9-27-32/h2-6,9-10,17-19H,7-8,11-16H2,1H3,(H,28,29). The molecule has 1 N–H and O–H groups in total. The first-order valence-corrected chi connectivity index (χ1v) is 12.1. The van der Waals surface area contributed by atoms with Crippen molar-refractivity contribution in [3.05, 3.63) is 55.0 Å². The molecule has 0 saturated carbocycles. The SMILES string of the molecule is COc1cc(N2CCC(N3CCOCC3)CC2)ccc1Nc1ncc2ccc(-n3cccn3)n2n1. The Morgan fingerprint density at radius 2 is 1.91 bits per heavy atom. The van der Waals surface area contributed by atoms with E-state index in [1.807, 2.05) is 35.0 Å². The Bertz CT molecular complexity index is 1270. The Morgan fingerprint density at radius 3 is 2.69 bits per heavy atom. The maximum atomic E-state index is 5.73. The highest BCUT2D eigenvalue weighted by Crippen LogP contribution is 2.33. The van der Waals surface area contributed by atoms with Gasteiger partial charge in [0.2, 0.25) is 5.95 Å². The lowest BCUT2D eigenvalue weighted by atomic mass is 10.0. The lowest BCUT2D eigenvalue weighted by molar-refractivity contribution is 0.0115. The average Bonchev–Trinajstić information content (AvgIpc) is 3.59. The maximum Gasteiger partial charge on any atom is 0.245 e. The molecule has 2 aliphatic heterocycles. The summed E-state index contributed by atoms with van der Waals surface area (Å²) < 4.78 is 14.8. The van der Waals surface area contributed by atoms with Gasteiger partial charge in [-0.1, -0.05) is 0 Å². The molecule has 182 valence electrons. The van der Waals surface area contributed by atoms with Crippen molar-refractivity contribution in [1.29, 1.82) is 0 Å². The van der Waals surface area contributed by atoms with Crippen LogP contribution in [0.15, 0.2) is 55.0 Å². The molecule has 10 heteroatoms. The zero-order valence-electron chi connectivity index (χ0n) is 19.9. The Labute approximate surface area is 204 Å². The van der Waals surface area contributed by atoms with Crippen LogP contribution in [0.4, 0.5) is 17.3 Å². The molecule has 0 spiro atoms. The number of morpholine rings is 1. The average molecular weight is 475 g/mol. The van der Waals surface area contributed by atoms with E-state index in [2.05, 4.69) is 42.4 Å². The van der Waals surface area contributed by atoms with Crippen LogP contribution in [0, 0.1) is 0 Å². The monoisotopic (exact) mass is 474 g/mol. The van der Waals surface area contributed by atoms with Crippen molar-refractivity contribution in [2.45, 2.75) is 18.9 Å². The van der Waals surface area contributed by atoms with E-state index in [9.17, 15) is 0 Å². The van der Waals surface area contributed by atoms with Gasteiger partial charge in [-0.15, -0.1) is 5.10 Å². The molecule has 0 aliphatic carbocycles. The molecule has 3 aromatic heterocycles. The number of aromatic nitrogens is 5. The summed E-state index contributed by atoms with van der Waals surface area (Å²) in [6, 6.07) is 12.8. The number of hydrogen-bond donors (Lipinski definition) is 1. The van der Waals surface area contributed by atoms with Crippen LogP contribution in [-0.2, 0) is 4.74 Å². The lowest BCUT2D eigenvalue weighted by Crippen LogP contribution is -2.49. The van der Waals surface area contributed by atoms with Crippen LogP contribution in [0.1, 0.15) is 12.8 Å². The molecule has 4 aromatic rings. The number of benzene rings is 1. The summed E-state index contributed by atoms with van der Waals surface area (Å²) in [6.07, 6.45) is 7.78. The highest BCUT2D eigenvalue weighted by atomic mass is 16.5. The molecule has 0 atom stereocenters. The summed E-state index contributed by atoms with van der Waals surface area (Å²) in [4.78, 5) is 9.52. The van der Waals surface area contributed by atoms with E-state index in [1.54, 1.807) is 24.2 Å². The number of nitrogens with zero attached hydrogens (tertiary/aromatic N) is 7. The molecule has 0 radical (unpaired) electrons. The van der Waals surface area contributed by atoms with Gasteiger partial charge in [-0.2, -0.15) is 5.10 Å². The molecule has 5 heterocycles. The van der Waals surface area contributed by atoms with E-state index in [-0.39, 0.29) is 0 Å². The minimum Gasteiger partial charge on any atom is -0.494 e. The third-order valence-corrected chi connectivity index (χ3v) is 6.94. The molecule has 2 fully saturated rings. The van der Waals surface area contributed by atoms with E-state index in [1.165, 1.54) is 18.5 Å². The van der Waals surface area contributed by atoms with Crippen molar-refractivity contribution in [1.82, 2.24) is 29.3 Å². The lowest BCUT2D eigenvalue weighted by Gasteiger charge is -2.40. The molecule has 0 bridgehead atoms. The minimum atomic E-state index is 0.486. The largest absolute Gasteiger partial charge is 0.494 e. The topological polar surface area (TPSA) is 85.0 Å². The van der Waals surface area contributed by atoms with Crippen LogP contribution in [-0.4, -0.2) is 81.8 Å². The molecule has 2 aliphatic rings. The number of rotatable bonds is 6. The number of ether oxygens (including phenoxy) is 2. The third-order valence-electron chi connectivity index (χ3n) is 6.94. The molecule has 2 saturated heterocycles. The van der Waals surface area contributed by atoms with Crippen LogP contribution in [0.3, 0.4) is 0 Å². The second-order valence-corrected chi connectivity index (χ2v) is 8.94. The van der Waals surface area contributed by atoms with Gasteiger partial charge in [-0.3, -0.25) is 4.90 Å². The van der Waals surface area contributed by atoms with Crippen molar-refractivity contribution in [2.24, 2.45) is 0 Å². The van der Waals surface area contributed by atoms with Crippen LogP contribution >= 0.6 is 0 Å². The van der Waals surface area contributed by atoms with Gasteiger partial charge in [-0.25, -0.2) is 14.2 Å². The maximum absolute atomic E-state index is 5.73. The number of anilines is 3. The van der Waals surface area contributed by atoms with Gasteiger partial charge in [0.05, 0.1) is 37.7 Å². The highest BCUT2D eigenvalue weighted by Gasteiger charge is 2.26. The minimum absolute atomic E-state index is 0.486. The van der Waals surface area contributed by atoms with Gasteiger partial charge in [0.1, 0.15) is 5.75 Å². The molecule has 35 heavy (non-hydrogen) atoms. The highest BCUT2D eigenvalue weighted by molar-refractivity contribution is 5.68. The fourth-order valence-electron chi connectivity index (χ4n) is 5.06. The van der Waals surface area contributed by atoms with Gasteiger partial charge in [0, 0.05) is 56.4 Å². The van der Waals surface area contributed by atoms with Gasteiger partial charge < -0.3 is 19.7 Å². The van der Waals surface area contributed by atoms with Crippen molar-refractivity contribution in [2.75, 3.05) is 56.7 Å². The van der Waals surface area contributed by atoms with E-state index < -0.39 is 0 Å². The van der Waals surface area contributed by atoms with E-state index in [0.717, 1.165) is 62.2 Å². The van der Waals surface area contributed by atoms with Crippen molar-refractivity contribution in [3.8, 4) is 11.6 Å². The molecule has 0 unspecified atom stereocenters. The van der Waals surface area contributed by atoms with Gasteiger partial charge in [-0.05, 0) is 43.2 Å². The first kappa shape index (κ1) is 21.9. The van der Waals surface area contributed by atoms with Crippen LogP contribution in [0.25, 0.3) is 11.3 Å². The fourth-order valence-corrected chi connectivity index (χ4v) is 5.06. The number of nitrogens with one attached hydrogen (secondary N) is 1. The first-order valence-electron chi connectivity index (χ1n) is 12.1. The van der Waals surface area contributed by atoms with Gasteiger partial charge in [0.25, 0.3) is 0 Å². The fraction of sp³-hybridized carbons (Fsp3) is 0.400. The van der Waals surface area contributed by atoms with Gasteiger partial charge in [0.15, 0.2) is 5.82 Å². The van der Waals surface area contributed by atoms with E-state index in [4.69, 9.17) is 9.47 Å². The van der Waals surface area contributed by atoms with Crippen LogP contribution in [0.5, 0.6) is 5.75 Å². The second kappa shape index (κ2) is 9.55. The Hall–Kier alpha value is -3.63.